The summed E-state index contributed by atoms with van der Waals surface area (Å²) in [7, 11) is 4.08. The molecule has 1 N–H and O–H groups in total. The summed E-state index contributed by atoms with van der Waals surface area (Å²) in [5.74, 6) is 0.843. The summed E-state index contributed by atoms with van der Waals surface area (Å²) in [5.41, 5.74) is 2.15. The summed E-state index contributed by atoms with van der Waals surface area (Å²) in [6, 6.07) is 16.7. The van der Waals surface area contributed by atoms with Crippen LogP contribution in [0.25, 0.3) is 0 Å². The van der Waals surface area contributed by atoms with E-state index >= 15 is 0 Å². The Labute approximate surface area is 193 Å². The highest BCUT2D eigenvalue weighted by molar-refractivity contribution is 7.99. The molecule has 1 amide bonds. The summed E-state index contributed by atoms with van der Waals surface area (Å²) in [6.45, 7) is 3.29. The lowest BCUT2D eigenvalue weighted by molar-refractivity contribution is -0.118. The molecule has 0 aliphatic rings. The van der Waals surface area contributed by atoms with Crippen molar-refractivity contribution in [2.45, 2.75) is 37.5 Å². The Balaban J connectivity index is 1.63. The number of halogens is 1. The third kappa shape index (κ3) is 6.64. The zero-order valence-electron chi connectivity index (χ0n) is 18.8. The maximum absolute atomic E-state index is 13.0. The van der Waals surface area contributed by atoms with Gasteiger partial charge in [0.2, 0.25) is 5.91 Å². The molecule has 0 saturated heterocycles. The van der Waals surface area contributed by atoms with Crippen molar-refractivity contribution in [1.82, 2.24) is 25.0 Å². The van der Waals surface area contributed by atoms with E-state index in [9.17, 15) is 9.18 Å². The van der Waals surface area contributed by atoms with E-state index in [4.69, 9.17) is 0 Å². The van der Waals surface area contributed by atoms with Crippen LogP contribution in [0.1, 0.15) is 36.3 Å². The van der Waals surface area contributed by atoms with Crippen molar-refractivity contribution in [3.63, 3.8) is 0 Å². The van der Waals surface area contributed by atoms with Gasteiger partial charge in [0.15, 0.2) is 11.0 Å². The van der Waals surface area contributed by atoms with Gasteiger partial charge in [-0.2, -0.15) is 0 Å². The predicted molar refractivity (Wildman–Crippen MR) is 126 cm³/mol. The molecule has 0 aliphatic carbocycles. The Kier molecular flexibility index (Phi) is 8.81. The van der Waals surface area contributed by atoms with E-state index in [1.165, 1.54) is 23.9 Å². The van der Waals surface area contributed by atoms with Crippen LogP contribution >= 0.6 is 11.8 Å². The van der Waals surface area contributed by atoms with Crippen LogP contribution in [0.4, 0.5) is 4.39 Å². The Bertz CT molecular complexity index is 991. The summed E-state index contributed by atoms with van der Waals surface area (Å²) in [5, 5.41) is 12.5. The number of hydrogen-bond acceptors (Lipinski definition) is 5. The molecular weight excluding hydrogens is 425 g/mol. The lowest BCUT2D eigenvalue weighted by atomic mass is 10.1. The maximum atomic E-state index is 13.0. The molecule has 1 heterocycles. The molecule has 0 bridgehead atoms. The maximum Gasteiger partial charge on any atom is 0.230 e. The van der Waals surface area contributed by atoms with Crippen molar-refractivity contribution in [2.24, 2.45) is 0 Å². The molecule has 3 aromatic rings. The average Bonchev–Trinajstić information content (AvgIpc) is 3.16. The number of benzene rings is 2. The second kappa shape index (κ2) is 11.8. The molecule has 1 aromatic heterocycles. The molecule has 0 saturated carbocycles. The fourth-order valence-corrected chi connectivity index (χ4v) is 4.30. The molecule has 2 aromatic carbocycles. The average molecular weight is 456 g/mol. The van der Waals surface area contributed by atoms with E-state index in [-0.39, 0.29) is 23.5 Å². The number of thioether (sulfide) groups is 1. The Morgan fingerprint density at radius 2 is 1.81 bits per heavy atom. The minimum Gasteiger partial charge on any atom is -0.355 e. The van der Waals surface area contributed by atoms with Crippen LogP contribution in [-0.4, -0.2) is 52.0 Å². The number of carbonyl (C=O) groups excluding carboxylic acids is 1. The summed E-state index contributed by atoms with van der Waals surface area (Å²) in [4.78, 5) is 14.5. The normalized spacial score (nSPS) is 12.2. The standard InChI is InChI=1S/C24H30FN5OS/c1-4-21(29(2)3)23-27-28-24(30(23)16-19-8-6-5-7-9-19)32-17-22(31)26-15-14-18-10-12-20(25)13-11-18/h5-13,21H,4,14-17H2,1-3H3,(H,26,31). The van der Waals surface area contributed by atoms with E-state index < -0.39 is 0 Å². The van der Waals surface area contributed by atoms with Gasteiger partial charge in [-0.15, -0.1) is 10.2 Å². The molecule has 6 nitrogen and oxygen atoms in total. The lowest BCUT2D eigenvalue weighted by Crippen LogP contribution is -2.27. The van der Waals surface area contributed by atoms with Gasteiger partial charge in [0.25, 0.3) is 0 Å². The molecule has 0 aliphatic heterocycles. The van der Waals surface area contributed by atoms with Crippen molar-refractivity contribution < 1.29 is 9.18 Å². The largest absolute Gasteiger partial charge is 0.355 e. The van der Waals surface area contributed by atoms with Crippen molar-refractivity contribution in [3.8, 4) is 0 Å². The van der Waals surface area contributed by atoms with Crippen LogP contribution in [-0.2, 0) is 17.8 Å². The molecule has 8 heteroatoms. The van der Waals surface area contributed by atoms with Gasteiger partial charge in [-0.05, 0) is 50.2 Å². The number of hydrogen-bond donors (Lipinski definition) is 1. The SMILES string of the molecule is CCC(c1nnc(SCC(=O)NCCc2ccc(F)cc2)n1Cc1ccccc1)N(C)C. The van der Waals surface area contributed by atoms with Gasteiger partial charge in [-0.1, -0.05) is 61.2 Å². The van der Waals surface area contributed by atoms with Crippen molar-refractivity contribution in [3.05, 3.63) is 77.4 Å². The van der Waals surface area contributed by atoms with E-state index in [1.54, 1.807) is 12.1 Å². The number of nitrogens with one attached hydrogen (secondary N) is 1. The van der Waals surface area contributed by atoms with Gasteiger partial charge < -0.3 is 9.88 Å². The second-order valence-electron chi connectivity index (χ2n) is 7.82. The van der Waals surface area contributed by atoms with Gasteiger partial charge in [0, 0.05) is 6.54 Å². The number of aromatic nitrogens is 3. The Hall–Kier alpha value is -2.71. The van der Waals surface area contributed by atoms with Crippen LogP contribution in [0.5, 0.6) is 0 Å². The van der Waals surface area contributed by atoms with Crippen molar-refractivity contribution in [2.75, 3.05) is 26.4 Å². The first-order chi connectivity index (χ1) is 15.5. The van der Waals surface area contributed by atoms with Gasteiger partial charge in [-0.3, -0.25) is 9.69 Å². The van der Waals surface area contributed by atoms with Crippen LogP contribution in [0.3, 0.4) is 0 Å². The fraction of sp³-hybridized carbons (Fsp3) is 0.375. The molecule has 1 atom stereocenters. The topological polar surface area (TPSA) is 63.1 Å². The van der Waals surface area contributed by atoms with Crippen molar-refractivity contribution >= 4 is 17.7 Å². The van der Waals surface area contributed by atoms with Crippen LogP contribution in [0.2, 0.25) is 0 Å². The van der Waals surface area contributed by atoms with E-state index in [0.29, 0.717) is 19.5 Å². The molecule has 3 rings (SSSR count). The quantitative estimate of drug-likeness (QED) is 0.444. The smallest absolute Gasteiger partial charge is 0.230 e. The highest BCUT2D eigenvalue weighted by Crippen LogP contribution is 2.26. The van der Waals surface area contributed by atoms with E-state index in [2.05, 4.69) is 44.0 Å². The van der Waals surface area contributed by atoms with E-state index in [0.717, 1.165) is 28.5 Å². The molecule has 0 spiro atoms. The summed E-state index contributed by atoms with van der Waals surface area (Å²) >= 11 is 1.39. The van der Waals surface area contributed by atoms with Gasteiger partial charge >= 0.3 is 0 Å². The van der Waals surface area contributed by atoms with Crippen LogP contribution in [0, 0.1) is 5.82 Å². The minimum atomic E-state index is -0.257. The predicted octanol–water partition coefficient (Wildman–Crippen LogP) is 3.93. The van der Waals surface area contributed by atoms with Gasteiger partial charge in [0.1, 0.15) is 5.82 Å². The number of carbonyl (C=O) groups is 1. The zero-order valence-corrected chi connectivity index (χ0v) is 19.6. The first-order valence-corrected chi connectivity index (χ1v) is 11.7. The first-order valence-electron chi connectivity index (χ1n) is 10.7. The van der Waals surface area contributed by atoms with Crippen LogP contribution < -0.4 is 5.32 Å². The third-order valence-electron chi connectivity index (χ3n) is 5.22. The zero-order chi connectivity index (χ0) is 22.9. The summed E-state index contributed by atoms with van der Waals surface area (Å²) in [6.07, 6.45) is 1.57. The third-order valence-corrected chi connectivity index (χ3v) is 6.19. The Morgan fingerprint density at radius 3 is 2.47 bits per heavy atom. The fourth-order valence-electron chi connectivity index (χ4n) is 3.53. The lowest BCUT2D eigenvalue weighted by Gasteiger charge is -2.23. The minimum absolute atomic E-state index is 0.0624. The molecule has 0 fully saturated rings. The highest BCUT2D eigenvalue weighted by atomic mass is 32.2. The molecule has 32 heavy (non-hydrogen) atoms. The van der Waals surface area contributed by atoms with Crippen LogP contribution in [0.15, 0.2) is 59.8 Å². The number of rotatable bonds is 11. The van der Waals surface area contributed by atoms with Crippen molar-refractivity contribution in [1.29, 1.82) is 0 Å². The number of nitrogens with zero attached hydrogens (tertiary/aromatic N) is 4. The highest BCUT2D eigenvalue weighted by Gasteiger charge is 2.22. The number of amides is 1. The monoisotopic (exact) mass is 455 g/mol. The molecular formula is C24H30FN5OS. The summed E-state index contributed by atoms with van der Waals surface area (Å²) < 4.78 is 15.1. The molecule has 0 radical (unpaired) electrons. The van der Waals surface area contributed by atoms with Gasteiger partial charge in [-0.25, -0.2) is 4.39 Å². The van der Waals surface area contributed by atoms with Gasteiger partial charge in [0.05, 0.1) is 18.3 Å². The Morgan fingerprint density at radius 1 is 1.09 bits per heavy atom. The molecule has 1 unspecified atom stereocenters. The second-order valence-corrected chi connectivity index (χ2v) is 8.76. The molecule has 170 valence electrons. The first kappa shape index (κ1) is 23.9. The van der Waals surface area contributed by atoms with E-state index in [1.807, 2.05) is 32.3 Å².